The summed E-state index contributed by atoms with van der Waals surface area (Å²) in [6.07, 6.45) is -0.0284. The molecule has 0 saturated heterocycles. The largest absolute Gasteiger partial charge is 0.469 e. The molecule has 0 bridgehead atoms. The summed E-state index contributed by atoms with van der Waals surface area (Å²) in [5.74, 6) is -1.16. The van der Waals surface area contributed by atoms with Gasteiger partial charge in [0, 0.05) is 10.5 Å². The van der Waals surface area contributed by atoms with E-state index in [1.54, 1.807) is 18.2 Å². The van der Waals surface area contributed by atoms with E-state index in [9.17, 15) is 9.59 Å². The Balaban J connectivity index is 3.04. The van der Waals surface area contributed by atoms with E-state index >= 15 is 0 Å². The first kappa shape index (κ1) is 11.7. The van der Waals surface area contributed by atoms with Crippen LogP contribution in [0, 0.1) is 0 Å². The Kier molecular flexibility index (Phi) is 4.06. The Labute approximate surface area is 91.5 Å². The lowest BCUT2D eigenvalue weighted by Gasteiger charge is -2.04. The topological polar surface area (TPSA) is 92.1 Å². The van der Waals surface area contributed by atoms with E-state index in [4.69, 9.17) is 5.53 Å². The van der Waals surface area contributed by atoms with E-state index in [0.29, 0.717) is 5.56 Å². The predicted molar refractivity (Wildman–Crippen MR) is 55.6 cm³/mol. The highest BCUT2D eigenvalue weighted by molar-refractivity contribution is 5.97. The summed E-state index contributed by atoms with van der Waals surface area (Å²) in [7, 11) is 1.26. The molecule has 1 aromatic carbocycles. The van der Waals surface area contributed by atoms with Crippen molar-refractivity contribution in [1.82, 2.24) is 0 Å². The maximum atomic E-state index is 11.4. The van der Waals surface area contributed by atoms with Crippen molar-refractivity contribution in [1.29, 1.82) is 0 Å². The molecule has 1 amide bonds. The number of rotatable bonds is 3. The van der Waals surface area contributed by atoms with Crippen molar-refractivity contribution < 1.29 is 14.3 Å². The number of methoxy groups -OCH3 is 1. The zero-order valence-corrected chi connectivity index (χ0v) is 8.58. The van der Waals surface area contributed by atoms with Crippen molar-refractivity contribution in [3.05, 3.63) is 45.8 Å². The Hall–Kier alpha value is -2.33. The van der Waals surface area contributed by atoms with Crippen LogP contribution >= 0.6 is 0 Å². The smallest absolute Gasteiger partial charge is 0.310 e. The quantitative estimate of drug-likeness (QED) is 0.336. The van der Waals surface area contributed by atoms with Crippen molar-refractivity contribution >= 4 is 11.9 Å². The van der Waals surface area contributed by atoms with Crippen LogP contribution in [0.25, 0.3) is 10.4 Å². The van der Waals surface area contributed by atoms with E-state index in [1.807, 2.05) is 0 Å². The van der Waals surface area contributed by atoms with Crippen LogP contribution in [0.4, 0.5) is 0 Å². The van der Waals surface area contributed by atoms with Gasteiger partial charge in [-0.05, 0) is 16.2 Å². The lowest BCUT2D eigenvalue weighted by atomic mass is 10.0. The summed E-state index contributed by atoms with van der Waals surface area (Å²) >= 11 is 0. The molecule has 0 spiro atoms. The summed E-state index contributed by atoms with van der Waals surface area (Å²) in [4.78, 5) is 24.9. The summed E-state index contributed by atoms with van der Waals surface area (Å²) in [5.41, 5.74) is 8.85. The van der Waals surface area contributed by atoms with Crippen LogP contribution in [0.1, 0.15) is 15.9 Å². The molecule has 1 aromatic rings. The van der Waals surface area contributed by atoms with Crippen LogP contribution in [-0.2, 0) is 16.0 Å². The zero-order valence-electron chi connectivity index (χ0n) is 8.58. The first-order valence-electron chi connectivity index (χ1n) is 4.43. The minimum atomic E-state index is -0.706. The first-order chi connectivity index (χ1) is 7.69. The second kappa shape index (κ2) is 5.53. The fraction of sp³-hybridized carbons (Fsp3) is 0.200. The third kappa shape index (κ3) is 2.83. The SMILES string of the molecule is COC(=O)Cc1ccccc1C(=O)N=[N+]=[N-]. The Morgan fingerprint density at radius 3 is 2.75 bits per heavy atom. The zero-order chi connectivity index (χ0) is 12.0. The van der Waals surface area contributed by atoms with E-state index in [-0.39, 0.29) is 12.0 Å². The minimum Gasteiger partial charge on any atom is -0.469 e. The van der Waals surface area contributed by atoms with Gasteiger partial charge in [0.1, 0.15) is 0 Å². The van der Waals surface area contributed by atoms with Gasteiger partial charge in [0.05, 0.1) is 13.5 Å². The summed E-state index contributed by atoms with van der Waals surface area (Å²) in [5, 5.41) is 2.98. The van der Waals surface area contributed by atoms with E-state index in [0.717, 1.165) is 0 Å². The molecule has 0 aliphatic heterocycles. The van der Waals surface area contributed by atoms with Gasteiger partial charge in [-0.15, -0.1) is 0 Å². The summed E-state index contributed by atoms with van der Waals surface area (Å²) < 4.78 is 4.50. The molecule has 0 aliphatic rings. The lowest BCUT2D eigenvalue weighted by molar-refractivity contribution is -0.139. The van der Waals surface area contributed by atoms with Gasteiger partial charge in [-0.25, -0.2) is 0 Å². The van der Waals surface area contributed by atoms with Gasteiger partial charge in [0.15, 0.2) is 0 Å². The Bertz CT molecular complexity index is 464. The summed E-state index contributed by atoms with van der Waals surface area (Å²) in [6.45, 7) is 0. The molecule has 0 N–H and O–H groups in total. The van der Waals surface area contributed by atoms with E-state index < -0.39 is 11.9 Å². The number of esters is 1. The van der Waals surface area contributed by atoms with Crippen molar-refractivity contribution in [2.24, 2.45) is 5.11 Å². The molecule has 0 fully saturated rings. The van der Waals surface area contributed by atoms with Gasteiger partial charge in [0.2, 0.25) is 5.91 Å². The van der Waals surface area contributed by atoms with Gasteiger partial charge in [-0.2, -0.15) is 0 Å². The fourth-order valence-electron chi connectivity index (χ4n) is 1.21. The van der Waals surface area contributed by atoms with Crippen molar-refractivity contribution in [3.63, 3.8) is 0 Å². The number of nitrogens with zero attached hydrogens (tertiary/aromatic N) is 3. The maximum absolute atomic E-state index is 11.4. The van der Waals surface area contributed by atoms with E-state index in [1.165, 1.54) is 13.2 Å². The molecular weight excluding hydrogens is 210 g/mol. The standard InChI is InChI=1S/C10H9N3O3/c1-16-9(14)6-7-4-2-3-5-8(7)10(15)12-13-11/h2-5H,6H2,1H3. The second-order valence-corrected chi connectivity index (χ2v) is 2.90. The van der Waals surface area contributed by atoms with Gasteiger partial charge >= 0.3 is 5.97 Å². The van der Waals surface area contributed by atoms with Crippen molar-refractivity contribution in [2.45, 2.75) is 6.42 Å². The average molecular weight is 219 g/mol. The Morgan fingerprint density at radius 2 is 2.12 bits per heavy atom. The molecule has 0 aliphatic carbocycles. The molecule has 0 radical (unpaired) electrons. The fourth-order valence-corrected chi connectivity index (χ4v) is 1.21. The van der Waals surface area contributed by atoms with Gasteiger partial charge in [-0.3, -0.25) is 9.59 Å². The first-order valence-corrected chi connectivity index (χ1v) is 4.43. The molecule has 0 heterocycles. The normalized spacial score (nSPS) is 9.06. The monoisotopic (exact) mass is 219 g/mol. The number of azide groups is 1. The molecule has 82 valence electrons. The predicted octanol–water partition coefficient (Wildman–Crippen LogP) is 1.85. The minimum absolute atomic E-state index is 0.0284. The van der Waals surface area contributed by atoms with Crippen LogP contribution in [0.5, 0.6) is 0 Å². The number of carbonyl (C=O) groups is 2. The number of hydrogen-bond acceptors (Lipinski definition) is 3. The number of benzene rings is 1. The maximum Gasteiger partial charge on any atom is 0.310 e. The molecule has 0 saturated carbocycles. The molecule has 6 nitrogen and oxygen atoms in total. The van der Waals surface area contributed by atoms with Gasteiger partial charge in [0.25, 0.3) is 0 Å². The molecule has 0 unspecified atom stereocenters. The van der Waals surface area contributed by atoms with Crippen molar-refractivity contribution in [2.75, 3.05) is 7.11 Å². The number of ether oxygens (including phenoxy) is 1. The van der Waals surface area contributed by atoms with Crippen LogP contribution in [-0.4, -0.2) is 19.0 Å². The molecule has 1 rings (SSSR count). The molecule has 0 aromatic heterocycles. The highest BCUT2D eigenvalue weighted by atomic mass is 16.5. The van der Waals surface area contributed by atoms with Gasteiger partial charge in [-0.1, -0.05) is 24.3 Å². The number of amides is 1. The number of hydrogen-bond donors (Lipinski definition) is 0. The van der Waals surface area contributed by atoms with Crippen molar-refractivity contribution in [3.8, 4) is 0 Å². The lowest BCUT2D eigenvalue weighted by Crippen LogP contribution is -2.08. The highest BCUT2D eigenvalue weighted by Gasteiger charge is 2.12. The van der Waals surface area contributed by atoms with Crippen LogP contribution < -0.4 is 0 Å². The second-order valence-electron chi connectivity index (χ2n) is 2.90. The van der Waals surface area contributed by atoms with Gasteiger partial charge < -0.3 is 4.74 Å². The average Bonchev–Trinajstić information content (AvgIpc) is 2.30. The highest BCUT2D eigenvalue weighted by Crippen LogP contribution is 2.11. The third-order valence-electron chi connectivity index (χ3n) is 1.95. The van der Waals surface area contributed by atoms with Crippen LogP contribution in [0.2, 0.25) is 0 Å². The molecular formula is C10H9N3O3. The molecule has 0 atom stereocenters. The van der Waals surface area contributed by atoms with E-state index in [2.05, 4.69) is 14.8 Å². The third-order valence-corrected chi connectivity index (χ3v) is 1.95. The molecule has 6 heteroatoms. The summed E-state index contributed by atoms with van der Waals surface area (Å²) in [6, 6.07) is 6.42. The Morgan fingerprint density at radius 1 is 1.44 bits per heavy atom. The molecule has 16 heavy (non-hydrogen) atoms. The van der Waals surface area contributed by atoms with Crippen LogP contribution in [0.3, 0.4) is 0 Å². The number of carbonyl (C=O) groups excluding carboxylic acids is 2. The van der Waals surface area contributed by atoms with Crippen LogP contribution in [0.15, 0.2) is 29.4 Å².